The van der Waals surface area contributed by atoms with E-state index in [4.69, 9.17) is 9.47 Å². The van der Waals surface area contributed by atoms with Crippen LogP contribution in [0.5, 0.6) is 23.0 Å². The summed E-state index contributed by atoms with van der Waals surface area (Å²) in [5.41, 5.74) is 22.7. The molecule has 67 heavy (non-hydrogen) atoms. The average Bonchev–Trinajstić information content (AvgIpc) is 3.93. The third kappa shape index (κ3) is 5.40. The lowest BCUT2D eigenvalue weighted by atomic mass is 9.70. The largest absolute Gasteiger partial charge is 0.450 e. The number of benzene rings is 10. The highest BCUT2D eigenvalue weighted by Crippen LogP contribution is 2.65. The second-order valence-electron chi connectivity index (χ2n) is 18.8. The van der Waals surface area contributed by atoms with Crippen molar-refractivity contribution in [1.29, 1.82) is 0 Å². The van der Waals surface area contributed by atoms with Crippen LogP contribution in [-0.4, -0.2) is 0 Å². The van der Waals surface area contributed by atoms with Gasteiger partial charge in [-0.25, -0.2) is 0 Å². The van der Waals surface area contributed by atoms with Gasteiger partial charge in [0.05, 0.1) is 5.41 Å². The van der Waals surface area contributed by atoms with Gasteiger partial charge in [0.15, 0.2) is 23.0 Å². The van der Waals surface area contributed by atoms with Gasteiger partial charge in [-0.1, -0.05) is 172 Å². The van der Waals surface area contributed by atoms with Gasteiger partial charge in [0.2, 0.25) is 0 Å². The molecule has 0 saturated heterocycles. The lowest BCUT2D eigenvalue weighted by Gasteiger charge is -2.31. The van der Waals surface area contributed by atoms with Crippen molar-refractivity contribution in [1.82, 2.24) is 0 Å². The van der Waals surface area contributed by atoms with Crippen LogP contribution in [-0.2, 0) is 10.8 Å². The Hall–Kier alpha value is -8.40. The van der Waals surface area contributed by atoms with E-state index in [2.05, 4.69) is 219 Å². The highest BCUT2D eigenvalue weighted by molar-refractivity contribution is 5.97. The fraction of sp³-hybridized carbons (Fsp3) is 0.0625. The van der Waals surface area contributed by atoms with Gasteiger partial charge in [0, 0.05) is 22.5 Å². The monoisotopic (exact) mass is 857 g/mol. The van der Waals surface area contributed by atoms with Crippen LogP contribution in [0.15, 0.2) is 224 Å². The first-order valence-electron chi connectivity index (χ1n) is 23.2. The summed E-state index contributed by atoms with van der Waals surface area (Å²) < 4.78 is 13.2. The van der Waals surface area contributed by atoms with Crippen molar-refractivity contribution in [2.45, 2.75) is 24.7 Å². The van der Waals surface area contributed by atoms with Gasteiger partial charge in [-0.05, 0) is 156 Å². The van der Waals surface area contributed by atoms with E-state index >= 15 is 0 Å². The molecule has 0 unspecified atom stereocenters. The fourth-order valence-electron chi connectivity index (χ4n) is 11.9. The minimum Gasteiger partial charge on any atom is -0.450 e. The zero-order valence-corrected chi connectivity index (χ0v) is 37.1. The van der Waals surface area contributed by atoms with Crippen LogP contribution in [0.4, 0.5) is 17.1 Å². The molecule has 0 aromatic heterocycles. The Labute approximate surface area is 390 Å². The van der Waals surface area contributed by atoms with Crippen LogP contribution >= 0.6 is 0 Å². The van der Waals surface area contributed by atoms with E-state index in [1.54, 1.807) is 0 Å². The van der Waals surface area contributed by atoms with Crippen molar-refractivity contribution in [3.05, 3.63) is 258 Å². The number of nitrogens with zero attached hydrogens (tertiary/aromatic N) is 1. The van der Waals surface area contributed by atoms with Crippen LogP contribution in [0.25, 0.3) is 55.6 Å². The normalized spacial score (nSPS) is 14.3. The SMILES string of the molecule is CC1(C)c2ccccc2-c2ccc(N(c3ccc(-c4ccccc4)cc3)c3ccc(-c4ccc5c(c4)C4(c6ccccc6-c6ccccc64)c4cc6c(cc4-5)Oc4ccccc4O6)cc3)cc21. The maximum Gasteiger partial charge on any atom is 0.170 e. The third-order valence-electron chi connectivity index (χ3n) is 15.0. The van der Waals surface area contributed by atoms with Crippen LogP contribution in [0.2, 0.25) is 0 Å². The molecule has 1 aliphatic heterocycles. The molecule has 10 aromatic rings. The van der Waals surface area contributed by atoms with E-state index in [1.165, 1.54) is 83.5 Å². The highest BCUT2D eigenvalue weighted by Gasteiger charge is 2.52. The summed E-state index contributed by atoms with van der Waals surface area (Å²) in [7, 11) is 0. The Morgan fingerprint density at radius 2 is 0.716 bits per heavy atom. The molecule has 0 saturated carbocycles. The van der Waals surface area contributed by atoms with Crippen LogP contribution in [0.1, 0.15) is 47.2 Å². The fourth-order valence-corrected chi connectivity index (χ4v) is 11.9. The van der Waals surface area contributed by atoms with Crippen LogP contribution in [0, 0.1) is 0 Å². The van der Waals surface area contributed by atoms with Gasteiger partial charge >= 0.3 is 0 Å². The van der Waals surface area contributed by atoms with Crippen molar-refractivity contribution in [3.63, 3.8) is 0 Å². The van der Waals surface area contributed by atoms with Gasteiger partial charge in [-0.15, -0.1) is 0 Å². The van der Waals surface area contributed by atoms with Crippen molar-refractivity contribution in [2.75, 3.05) is 4.90 Å². The molecule has 3 aliphatic carbocycles. The van der Waals surface area contributed by atoms with E-state index < -0.39 is 5.41 Å². The molecule has 0 N–H and O–H groups in total. The first kappa shape index (κ1) is 37.9. The Balaban J connectivity index is 0.904. The molecule has 0 bridgehead atoms. The molecular formula is C64H43NO2. The molecular weight excluding hydrogens is 815 g/mol. The zero-order chi connectivity index (χ0) is 44.4. The average molecular weight is 858 g/mol. The summed E-state index contributed by atoms with van der Waals surface area (Å²) in [4.78, 5) is 2.41. The maximum absolute atomic E-state index is 6.61. The summed E-state index contributed by atoms with van der Waals surface area (Å²) in [6, 6.07) is 81.9. The van der Waals surface area contributed by atoms with E-state index in [0.717, 1.165) is 45.6 Å². The lowest BCUT2D eigenvalue weighted by Crippen LogP contribution is -2.26. The quantitative estimate of drug-likeness (QED) is 0.172. The molecule has 3 heteroatoms. The maximum atomic E-state index is 6.61. The highest BCUT2D eigenvalue weighted by atomic mass is 16.6. The van der Waals surface area contributed by atoms with Crippen molar-refractivity contribution >= 4 is 17.1 Å². The van der Waals surface area contributed by atoms with Gasteiger partial charge in [-0.3, -0.25) is 0 Å². The minimum atomic E-state index is -0.549. The summed E-state index contributed by atoms with van der Waals surface area (Å²) in [6.45, 7) is 4.71. The summed E-state index contributed by atoms with van der Waals surface area (Å²) in [5, 5.41) is 0. The van der Waals surface area contributed by atoms with Crippen molar-refractivity contribution in [2.24, 2.45) is 0 Å². The molecule has 316 valence electrons. The zero-order valence-electron chi connectivity index (χ0n) is 37.1. The number of hydrogen-bond donors (Lipinski definition) is 0. The van der Waals surface area contributed by atoms with Gasteiger partial charge < -0.3 is 14.4 Å². The Morgan fingerprint density at radius 3 is 1.36 bits per heavy atom. The molecule has 4 aliphatic rings. The minimum absolute atomic E-state index is 0.121. The van der Waals surface area contributed by atoms with Crippen molar-refractivity contribution in [3.8, 4) is 78.6 Å². The molecule has 1 heterocycles. The standard InChI is InChI=1S/C64H43NO2/c1-63(2)53-19-9-6-16-47(53)50-35-33-46(37-56(50)63)65(44-29-24-41(25-30-44)40-14-4-3-5-15-40)45-31-26-42(27-32-45)43-28-34-51-52-38-61-62(67-60-23-13-12-22-59(60)66-61)39-58(52)64(57(51)36-43)54-20-10-7-17-48(54)49-18-8-11-21-55(49)64/h3-39H,1-2H3. The molecule has 1 spiro atoms. The van der Waals surface area contributed by atoms with Crippen LogP contribution in [0.3, 0.4) is 0 Å². The predicted molar refractivity (Wildman–Crippen MR) is 272 cm³/mol. The van der Waals surface area contributed by atoms with E-state index in [9.17, 15) is 0 Å². The predicted octanol–water partition coefficient (Wildman–Crippen LogP) is 17.0. The number of para-hydroxylation sites is 2. The Morgan fingerprint density at radius 1 is 0.284 bits per heavy atom. The topological polar surface area (TPSA) is 21.7 Å². The molecule has 3 nitrogen and oxygen atoms in total. The summed E-state index contributed by atoms with van der Waals surface area (Å²) >= 11 is 0. The van der Waals surface area contributed by atoms with E-state index in [1.807, 2.05) is 24.3 Å². The third-order valence-corrected chi connectivity index (χ3v) is 15.0. The summed E-state index contributed by atoms with van der Waals surface area (Å²) in [6.07, 6.45) is 0. The van der Waals surface area contributed by atoms with Gasteiger partial charge in [-0.2, -0.15) is 0 Å². The molecule has 0 amide bonds. The van der Waals surface area contributed by atoms with E-state index in [0.29, 0.717) is 0 Å². The molecule has 0 radical (unpaired) electrons. The Kier molecular flexibility index (Phi) is 7.95. The molecule has 0 atom stereocenters. The number of fused-ring (bicyclic) bond motifs is 15. The Bertz CT molecular complexity index is 3610. The molecule has 14 rings (SSSR count). The molecule has 10 aromatic carbocycles. The first-order chi connectivity index (χ1) is 32.9. The number of ether oxygens (including phenoxy) is 2. The smallest absolute Gasteiger partial charge is 0.170 e. The van der Waals surface area contributed by atoms with Gasteiger partial charge in [0.1, 0.15) is 0 Å². The van der Waals surface area contributed by atoms with Crippen LogP contribution < -0.4 is 14.4 Å². The molecule has 0 fully saturated rings. The van der Waals surface area contributed by atoms with Gasteiger partial charge in [0.25, 0.3) is 0 Å². The summed E-state index contributed by atoms with van der Waals surface area (Å²) in [5.74, 6) is 2.92. The second kappa shape index (κ2) is 14.1. The number of rotatable bonds is 5. The second-order valence-corrected chi connectivity index (χ2v) is 18.8. The first-order valence-corrected chi connectivity index (χ1v) is 23.2. The van der Waals surface area contributed by atoms with E-state index in [-0.39, 0.29) is 5.41 Å². The number of anilines is 3. The lowest BCUT2D eigenvalue weighted by molar-refractivity contribution is 0.359. The number of hydrogen-bond acceptors (Lipinski definition) is 3. The van der Waals surface area contributed by atoms with Crippen molar-refractivity contribution < 1.29 is 9.47 Å².